The summed E-state index contributed by atoms with van der Waals surface area (Å²) in [7, 11) is 0. The molecule has 2 aromatic carbocycles. The fourth-order valence-corrected chi connectivity index (χ4v) is 2.16. The van der Waals surface area contributed by atoms with Crippen molar-refractivity contribution >= 4 is 34.3 Å². The Morgan fingerprint density at radius 2 is 1.65 bits per heavy atom. The van der Waals surface area contributed by atoms with Gasteiger partial charge in [-0.25, -0.2) is 4.79 Å². The minimum atomic E-state index is -1.24. The number of hydrogen-bond acceptors (Lipinski definition) is 4. The number of fused-ring (bicyclic) bond motifs is 1. The van der Waals surface area contributed by atoms with E-state index in [0.29, 0.717) is 11.1 Å². The van der Waals surface area contributed by atoms with Gasteiger partial charge in [0.2, 0.25) is 0 Å². The molecule has 7 nitrogen and oxygen atoms in total. The van der Waals surface area contributed by atoms with Gasteiger partial charge >= 0.3 is 6.09 Å². The van der Waals surface area contributed by atoms with E-state index in [4.69, 9.17) is 9.52 Å². The molecule has 0 aliphatic rings. The summed E-state index contributed by atoms with van der Waals surface area (Å²) in [6, 6.07) is 12.7. The van der Waals surface area contributed by atoms with E-state index >= 15 is 0 Å². The molecule has 0 bridgehead atoms. The summed E-state index contributed by atoms with van der Waals surface area (Å²) in [4.78, 5) is 23.0. The van der Waals surface area contributed by atoms with E-state index in [1.54, 1.807) is 30.3 Å². The van der Waals surface area contributed by atoms with Gasteiger partial charge in [0, 0.05) is 5.39 Å². The average molecular weight is 312 g/mol. The molecule has 1 heterocycles. The number of para-hydroxylation sites is 3. The van der Waals surface area contributed by atoms with Crippen molar-refractivity contribution in [1.82, 2.24) is 0 Å². The van der Waals surface area contributed by atoms with Gasteiger partial charge in [0.25, 0.3) is 5.91 Å². The number of carboxylic acid groups (broad SMARTS) is 1. The summed E-state index contributed by atoms with van der Waals surface area (Å²) in [6.07, 6.45) is -1.24. The van der Waals surface area contributed by atoms with Crippen molar-refractivity contribution in [2.75, 3.05) is 10.6 Å². The first-order valence-electron chi connectivity index (χ1n) is 6.66. The minimum absolute atomic E-state index is 0.00614. The summed E-state index contributed by atoms with van der Waals surface area (Å²) in [5.74, 6) is -0.610. The maximum atomic E-state index is 12.3. The molecule has 1 aromatic heterocycles. The number of phenolic OH excluding ortho intramolecular Hbond substituents is 1. The average Bonchev–Trinajstić information content (AvgIpc) is 2.94. The zero-order valence-electron chi connectivity index (χ0n) is 11.7. The first-order valence-corrected chi connectivity index (χ1v) is 6.66. The van der Waals surface area contributed by atoms with Crippen LogP contribution < -0.4 is 10.6 Å². The van der Waals surface area contributed by atoms with E-state index in [9.17, 15) is 14.7 Å². The van der Waals surface area contributed by atoms with Crippen molar-refractivity contribution < 1.29 is 24.2 Å². The van der Waals surface area contributed by atoms with Gasteiger partial charge in [-0.2, -0.15) is 0 Å². The number of anilines is 2. The molecule has 0 aliphatic carbocycles. The predicted octanol–water partition coefficient (Wildman–Crippen LogP) is 3.48. The number of nitrogens with one attached hydrogen (secondary N) is 2. The van der Waals surface area contributed by atoms with Gasteiger partial charge in [0.05, 0.1) is 11.4 Å². The lowest BCUT2D eigenvalue weighted by atomic mass is 10.2. The van der Waals surface area contributed by atoms with E-state index in [1.165, 1.54) is 18.2 Å². The second-order valence-corrected chi connectivity index (χ2v) is 4.74. The summed E-state index contributed by atoms with van der Waals surface area (Å²) in [5, 5.41) is 23.9. The number of hydrogen-bond donors (Lipinski definition) is 4. The Balaban J connectivity index is 1.89. The highest BCUT2D eigenvalue weighted by atomic mass is 16.4. The van der Waals surface area contributed by atoms with Crippen LogP contribution in [0, 0.1) is 0 Å². The minimum Gasteiger partial charge on any atom is -0.504 e. The van der Waals surface area contributed by atoms with Gasteiger partial charge in [-0.05, 0) is 24.3 Å². The number of aromatic hydroxyl groups is 1. The summed E-state index contributed by atoms with van der Waals surface area (Å²) < 4.78 is 5.36. The normalized spacial score (nSPS) is 10.4. The van der Waals surface area contributed by atoms with Crippen LogP contribution in [0.5, 0.6) is 5.75 Å². The van der Waals surface area contributed by atoms with Crippen molar-refractivity contribution in [3.63, 3.8) is 0 Å². The number of carbonyl (C=O) groups excluding carboxylic acids is 1. The molecule has 0 aliphatic heterocycles. The third-order valence-electron chi connectivity index (χ3n) is 3.16. The van der Waals surface area contributed by atoms with Gasteiger partial charge in [0.1, 0.15) is 0 Å². The molecular formula is C16H12N2O5. The van der Waals surface area contributed by atoms with Crippen molar-refractivity contribution in [2.45, 2.75) is 0 Å². The van der Waals surface area contributed by atoms with Crippen molar-refractivity contribution in [3.05, 3.63) is 54.3 Å². The molecule has 23 heavy (non-hydrogen) atoms. The Labute approximate surface area is 130 Å². The highest BCUT2D eigenvalue weighted by Crippen LogP contribution is 2.28. The second-order valence-electron chi connectivity index (χ2n) is 4.74. The van der Waals surface area contributed by atoms with Gasteiger partial charge in [-0.3, -0.25) is 10.1 Å². The number of amides is 2. The molecular weight excluding hydrogens is 300 g/mol. The van der Waals surface area contributed by atoms with Gasteiger partial charge in [0.15, 0.2) is 17.1 Å². The number of furan rings is 1. The van der Waals surface area contributed by atoms with Crippen LogP contribution in [0.2, 0.25) is 0 Å². The first-order chi connectivity index (χ1) is 11.0. The van der Waals surface area contributed by atoms with Gasteiger partial charge in [-0.1, -0.05) is 24.3 Å². The quantitative estimate of drug-likeness (QED) is 0.591. The highest BCUT2D eigenvalue weighted by molar-refractivity contribution is 6.07. The smallest absolute Gasteiger partial charge is 0.409 e. The Morgan fingerprint density at radius 1 is 0.957 bits per heavy atom. The predicted molar refractivity (Wildman–Crippen MR) is 83.9 cm³/mol. The molecule has 0 spiro atoms. The summed E-state index contributed by atoms with van der Waals surface area (Å²) >= 11 is 0. The van der Waals surface area contributed by atoms with E-state index in [-0.39, 0.29) is 22.8 Å². The molecule has 3 aromatic rings. The maximum absolute atomic E-state index is 12.3. The first kappa shape index (κ1) is 14.5. The Bertz CT molecular complexity index is 900. The van der Waals surface area contributed by atoms with Crippen LogP contribution >= 0.6 is 0 Å². The fraction of sp³-hybridized carbons (Fsp3) is 0. The molecule has 116 valence electrons. The lowest BCUT2D eigenvalue weighted by molar-refractivity contribution is 0.0998. The third-order valence-corrected chi connectivity index (χ3v) is 3.16. The number of benzene rings is 2. The van der Waals surface area contributed by atoms with Crippen LogP contribution in [0.25, 0.3) is 11.0 Å². The lowest BCUT2D eigenvalue weighted by Crippen LogP contribution is -2.14. The van der Waals surface area contributed by atoms with Crippen LogP contribution in [0.15, 0.2) is 52.9 Å². The zero-order chi connectivity index (χ0) is 16.4. The SMILES string of the molecule is O=C(O)Nc1ccccc1NC(=O)c1cc2cccc(O)c2o1. The topological polar surface area (TPSA) is 112 Å². The molecule has 2 amide bonds. The lowest BCUT2D eigenvalue weighted by Gasteiger charge is -2.09. The van der Waals surface area contributed by atoms with Crippen LogP contribution in [0.3, 0.4) is 0 Å². The molecule has 0 fully saturated rings. The summed E-state index contributed by atoms with van der Waals surface area (Å²) in [5.41, 5.74) is 0.756. The number of phenols is 1. The van der Waals surface area contributed by atoms with Crippen LogP contribution in [-0.2, 0) is 0 Å². The fourth-order valence-electron chi connectivity index (χ4n) is 2.16. The van der Waals surface area contributed by atoms with Gasteiger partial charge in [-0.15, -0.1) is 0 Å². The molecule has 7 heteroatoms. The van der Waals surface area contributed by atoms with Crippen LogP contribution in [0.1, 0.15) is 10.6 Å². The Kier molecular flexibility index (Phi) is 3.60. The highest BCUT2D eigenvalue weighted by Gasteiger charge is 2.16. The largest absolute Gasteiger partial charge is 0.504 e. The van der Waals surface area contributed by atoms with Crippen LogP contribution in [0.4, 0.5) is 16.2 Å². The molecule has 0 saturated carbocycles. The molecule has 3 rings (SSSR count). The van der Waals surface area contributed by atoms with Gasteiger partial charge < -0.3 is 19.9 Å². The second kappa shape index (κ2) is 5.72. The maximum Gasteiger partial charge on any atom is 0.409 e. The molecule has 0 atom stereocenters. The Hall–Kier alpha value is -3.48. The monoisotopic (exact) mass is 312 g/mol. The molecule has 0 radical (unpaired) electrons. The van der Waals surface area contributed by atoms with E-state index < -0.39 is 12.0 Å². The van der Waals surface area contributed by atoms with E-state index in [1.807, 2.05) is 0 Å². The standard InChI is InChI=1S/C16H12N2O5/c19-12-7-3-4-9-8-13(23-14(9)12)15(20)17-10-5-1-2-6-11(10)18-16(21)22/h1-8,18-19H,(H,17,20)(H,21,22). The number of carbonyl (C=O) groups is 2. The van der Waals surface area contributed by atoms with Crippen molar-refractivity contribution in [1.29, 1.82) is 0 Å². The molecule has 0 saturated heterocycles. The Morgan fingerprint density at radius 3 is 2.30 bits per heavy atom. The molecule has 4 N–H and O–H groups in total. The third kappa shape index (κ3) is 2.93. The van der Waals surface area contributed by atoms with E-state index in [0.717, 1.165) is 0 Å². The number of rotatable bonds is 3. The molecule has 0 unspecified atom stereocenters. The van der Waals surface area contributed by atoms with Crippen molar-refractivity contribution in [3.8, 4) is 5.75 Å². The van der Waals surface area contributed by atoms with Crippen molar-refractivity contribution in [2.24, 2.45) is 0 Å². The van der Waals surface area contributed by atoms with E-state index in [2.05, 4.69) is 10.6 Å². The van der Waals surface area contributed by atoms with Crippen LogP contribution in [-0.4, -0.2) is 22.2 Å². The zero-order valence-corrected chi connectivity index (χ0v) is 11.7. The summed E-state index contributed by atoms with van der Waals surface area (Å²) in [6.45, 7) is 0.